The van der Waals surface area contributed by atoms with E-state index >= 15 is 0 Å². The Morgan fingerprint density at radius 1 is 1.04 bits per heavy atom. The fraction of sp³-hybridized carbons (Fsp3) is 0.227. The quantitative estimate of drug-likeness (QED) is 0.617. The minimum absolute atomic E-state index is 0.0502. The van der Waals surface area contributed by atoms with Crippen LogP contribution >= 0.6 is 0 Å². The molecule has 0 radical (unpaired) electrons. The Kier molecular flexibility index (Phi) is 6.15. The van der Waals surface area contributed by atoms with Gasteiger partial charge in [0.15, 0.2) is 5.82 Å². The molecule has 27 heavy (non-hydrogen) atoms. The van der Waals surface area contributed by atoms with Crippen LogP contribution in [0.3, 0.4) is 0 Å². The topological polar surface area (TPSA) is 80.9 Å². The van der Waals surface area contributed by atoms with Gasteiger partial charge < -0.3 is 11.1 Å². The number of aromatic nitrogens is 2. The smallest absolute Gasteiger partial charge is 0.225 e. The molecule has 0 saturated heterocycles. The van der Waals surface area contributed by atoms with E-state index in [0.717, 1.165) is 35.4 Å². The van der Waals surface area contributed by atoms with E-state index < -0.39 is 0 Å². The molecule has 138 valence electrons. The van der Waals surface area contributed by atoms with E-state index in [4.69, 9.17) is 10.7 Å². The van der Waals surface area contributed by atoms with Crippen molar-refractivity contribution >= 4 is 17.4 Å². The van der Waals surface area contributed by atoms with Crippen molar-refractivity contribution in [2.24, 2.45) is 0 Å². The van der Waals surface area contributed by atoms with Gasteiger partial charge in [0.25, 0.3) is 0 Å². The van der Waals surface area contributed by atoms with Crippen molar-refractivity contribution in [3.05, 3.63) is 72.1 Å². The third-order valence-electron chi connectivity index (χ3n) is 4.28. The van der Waals surface area contributed by atoms with Crippen molar-refractivity contribution in [2.45, 2.75) is 32.6 Å². The number of nitrogens with one attached hydrogen (secondary N) is 1. The third-order valence-corrected chi connectivity index (χ3v) is 4.28. The number of rotatable bonds is 7. The predicted octanol–water partition coefficient (Wildman–Crippen LogP) is 4.25. The second-order valence-electron chi connectivity index (χ2n) is 6.46. The summed E-state index contributed by atoms with van der Waals surface area (Å²) in [5, 5.41) is 2.92. The lowest BCUT2D eigenvalue weighted by atomic mass is 10.1. The number of nitrogens with zero attached hydrogens (tertiary/aromatic N) is 2. The number of nitrogen functional groups attached to an aromatic ring is 1. The third kappa shape index (κ3) is 5.14. The van der Waals surface area contributed by atoms with Gasteiger partial charge in [-0.15, -0.1) is 0 Å². The molecule has 1 amide bonds. The standard InChI is InChI=1S/C22H24N4O/c1-2-6-19-22(26-21(27)14-9-16-7-4-3-5-8-16)24-15-20(25-19)17-10-12-18(23)13-11-17/h3-5,7-8,10-13,15H,2,6,9,14,23H2,1H3,(H,24,26,27). The zero-order valence-electron chi connectivity index (χ0n) is 15.5. The first kappa shape index (κ1) is 18.6. The first-order chi connectivity index (χ1) is 13.2. The van der Waals surface area contributed by atoms with Gasteiger partial charge >= 0.3 is 0 Å². The molecule has 0 fully saturated rings. The SMILES string of the molecule is CCCc1nc(-c2ccc(N)cc2)cnc1NC(=O)CCc1ccccc1. The maximum absolute atomic E-state index is 12.3. The number of hydrogen-bond acceptors (Lipinski definition) is 4. The number of aryl methyl sites for hydroxylation is 2. The first-order valence-corrected chi connectivity index (χ1v) is 9.21. The fourth-order valence-electron chi connectivity index (χ4n) is 2.83. The van der Waals surface area contributed by atoms with Crippen LogP contribution in [0.1, 0.15) is 31.0 Å². The summed E-state index contributed by atoms with van der Waals surface area (Å²) in [6.45, 7) is 2.08. The van der Waals surface area contributed by atoms with Gasteiger partial charge in [-0.05, 0) is 30.5 Å². The average Bonchev–Trinajstić information content (AvgIpc) is 2.69. The van der Waals surface area contributed by atoms with Gasteiger partial charge in [-0.1, -0.05) is 55.8 Å². The number of carbonyl (C=O) groups excluding carboxylic acids is 1. The summed E-state index contributed by atoms with van der Waals surface area (Å²) in [6, 6.07) is 17.5. The Morgan fingerprint density at radius 2 is 1.78 bits per heavy atom. The first-order valence-electron chi connectivity index (χ1n) is 9.21. The van der Waals surface area contributed by atoms with Gasteiger partial charge in [-0.25, -0.2) is 9.97 Å². The fourth-order valence-corrected chi connectivity index (χ4v) is 2.83. The van der Waals surface area contributed by atoms with Crippen LogP contribution < -0.4 is 11.1 Å². The van der Waals surface area contributed by atoms with E-state index in [1.165, 1.54) is 0 Å². The van der Waals surface area contributed by atoms with Crippen molar-refractivity contribution in [3.8, 4) is 11.3 Å². The summed E-state index contributed by atoms with van der Waals surface area (Å²) in [5.74, 6) is 0.500. The molecule has 3 N–H and O–H groups in total. The molecule has 0 spiro atoms. The van der Waals surface area contributed by atoms with Crippen molar-refractivity contribution in [2.75, 3.05) is 11.1 Å². The Hall–Kier alpha value is -3.21. The zero-order valence-corrected chi connectivity index (χ0v) is 15.5. The van der Waals surface area contributed by atoms with Crippen molar-refractivity contribution in [1.82, 2.24) is 9.97 Å². The maximum Gasteiger partial charge on any atom is 0.225 e. The second-order valence-corrected chi connectivity index (χ2v) is 6.46. The summed E-state index contributed by atoms with van der Waals surface area (Å²) in [5.41, 5.74) is 10.1. The minimum atomic E-state index is -0.0502. The minimum Gasteiger partial charge on any atom is -0.399 e. The predicted molar refractivity (Wildman–Crippen MR) is 109 cm³/mol. The van der Waals surface area contributed by atoms with Gasteiger partial charge in [0.1, 0.15) is 0 Å². The number of nitrogens with two attached hydrogens (primary N) is 1. The number of amides is 1. The Morgan fingerprint density at radius 3 is 2.48 bits per heavy atom. The molecule has 1 aromatic heterocycles. The maximum atomic E-state index is 12.3. The Balaban J connectivity index is 1.72. The number of carbonyl (C=O) groups is 1. The van der Waals surface area contributed by atoms with E-state index in [2.05, 4.69) is 17.2 Å². The highest BCUT2D eigenvalue weighted by Gasteiger charge is 2.12. The second kappa shape index (κ2) is 8.94. The van der Waals surface area contributed by atoms with Crippen LogP contribution in [0, 0.1) is 0 Å². The lowest BCUT2D eigenvalue weighted by Crippen LogP contribution is -2.16. The summed E-state index contributed by atoms with van der Waals surface area (Å²) >= 11 is 0. The Bertz CT molecular complexity index is 892. The lowest BCUT2D eigenvalue weighted by Gasteiger charge is -2.11. The molecule has 0 atom stereocenters. The van der Waals surface area contributed by atoms with Gasteiger partial charge in [0.2, 0.25) is 5.91 Å². The van der Waals surface area contributed by atoms with Crippen LogP contribution in [0.2, 0.25) is 0 Å². The molecule has 1 heterocycles. The highest BCUT2D eigenvalue weighted by atomic mass is 16.1. The molecule has 0 bridgehead atoms. The van der Waals surface area contributed by atoms with Gasteiger partial charge in [0.05, 0.1) is 17.6 Å². The molecule has 0 saturated carbocycles. The van der Waals surface area contributed by atoms with Crippen LogP contribution in [0.15, 0.2) is 60.8 Å². The van der Waals surface area contributed by atoms with E-state index in [0.29, 0.717) is 24.3 Å². The van der Waals surface area contributed by atoms with E-state index in [1.807, 2.05) is 54.6 Å². The molecule has 5 nitrogen and oxygen atoms in total. The van der Waals surface area contributed by atoms with E-state index in [-0.39, 0.29) is 5.91 Å². The average molecular weight is 360 g/mol. The number of hydrogen-bond donors (Lipinski definition) is 2. The normalized spacial score (nSPS) is 10.6. The molecule has 0 unspecified atom stereocenters. The summed E-state index contributed by atoms with van der Waals surface area (Å²) < 4.78 is 0. The molecule has 5 heteroatoms. The van der Waals surface area contributed by atoms with E-state index in [1.54, 1.807) is 6.20 Å². The van der Waals surface area contributed by atoms with Gasteiger partial charge in [-0.2, -0.15) is 0 Å². The highest BCUT2D eigenvalue weighted by Crippen LogP contribution is 2.22. The largest absolute Gasteiger partial charge is 0.399 e. The molecular weight excluding hydrogens is 336 g/mol. The zero-order chi connectivity index (χ0) is 19.1. The van der Waals surface area contributed by atoms with E-state index in [9.17, 15) is 4.79 Å². The van der Waals surface area contributed by atoms with Gasteiger partial charge in [0, 0.05) is 17.7 Å². The van der Waals surface area contributed by atoms with Crippen LogP contribution in [-0.2, 0) is 17.6 Å². The Labute approximate surface area is 159 Å². The highest BCUT2D eigenvalue weighted by molar-refractivity contribution is 5.90. The molecule has 2 aromatic carbocycles. The molecular formula is C22H24N4O. The molecule has 0 aliphatic heterocycles. The monoisotopic (exact) mass is 360 g/mol. The van der Waals surface area contributed by atoms with Crippen LogP contribution in [0.25, 0.3) is 11.3 Å². The van der Waals surface area contributed by atoms with Crippen LogP contribution in [0.5, 0.6) is 0 Å². The van der Waals surface area contributed by atoms with Crippen molar-refractivity contribution in [1.29, 1.82) is 0 Å². The number of benzene rings is 2. The number of anilines is 2. The summed E-state index contributed by atoms with van der Waals surface area (Å²) in [7, 11) is 0. The van der Waals surface area contributed by atoms with Crippen LogP contribution in [-0.4, -0.2) is 15.9 Å². The molecule has 3 aromatic rings. The van der Waals surface area contributed by atoms with Crippen LogP contribution in [0.4, 0.5) is 11.5 Å². The van der Waals surface area contributed by atoms with Crippen molar-refractivity contribution in [3.63, 3.8) is 0 Å². The lowest BCUT2D eigenvalue weighted by molar-refractivity contribution is -0.116. The molecule has 3 rings (SSSR count). The summed E-state index contributed by atoms with van der Waals surface area (Å²) in [6.07, 6.45) is 4.48. The van der Waals surface area contributed by atoms with Crippen molar-refractivity contribution < 1.29 is 4.79 Å². The van der Waals surface area contributed by atoms with Gasteiger partial charge in [-0.3, -0.25) is 4.79 Å². The molecule has 0 aliphatic carbocycles. The summed E-state index contributed by atoms with van der Waals surface area (Å²) in [4.78, 5) is 21.5. The molecule has 0 aliphatic rings.